The van der Waals surface area contributed by atoms with Gasteiger partial charge in [0, 0.05) is 22.1 Å². The molecule has 18 heavy (non-hydrogen) atoms. The monoisotopic (exact) mass is 358 g/mol. The maximum absolute atomic E-state index is 11.7. The average molecular weight is 358 g/mol. The van der Waals surface area contributed by atoms with Gasteiger partial charge in [-0.25, -0.2) is 0 Å². The maximum atomic E-state index is 11.7. The fraction of sp³-hybridized carbons (Fsp3) is 0.250. The van der Waals surface area contributed by atoms with E-state index in [1.807, 2.05) is 18.2 Å². The van der Waals surface area contributed by atoms with E-state index in [4.69, 9.17) is 0 Å². The molecule has 1 aromatic rings. The summed E-state index contributed by atoms with van der Waals surface area (Å²) >= 11 is 2.14. The van der Waals surface area contributed by atoms with Crippen molar-refractivity contribution in [2.24, 2.45) is 0 Å². The molecular formula is C12H11IN2O3. The van der Waals surface area contributed by atoms with Gasteiger partial charge < -0.3 is 5.32 Å². The zero-order valence-corrected chi connectivity index (χ0v) is 11.6. The lowest BCUT2D eigenvalue weighted by molar-refractivity contribution is -0.141. The van der Waals surface area contributed by atoms with Gasteiger partial charge in [-0.2, -0.15) is 0 Å². The van der Waals surface area contributed by atoms with Crippen molar-refractivity contribution in [3.8, 4) is 0 Å². The fourth-order valence-electron chi connectivity index (χ4n) is 1.71. The Morgan fingerprint density at radius 1 is 1.28 bits per heavy atom. The van der Waals surface area contributed by atoms with E-state index < -0.39 is 0 Å². The molecule has 0 aromatic heterocycles. The van der Waals surface area contributed by atoms with Crippen LogP contribution in [0, 0.1) is 3.57 Å². The summed E-state index contributed by atoms with van der Waals surface area (Å²) in [4.78, 5) is 35.4. The van der Waals surface area contributed by atoms with Crippen molar-refractivity contribution >= 4 is 46.0 Å². The van der Waals surface area contributed by atoms with Gasteiger partial charge in [0.05, 0.1) is 0 Å². The second-order valence-electron chi connectivity index (χ2n) is 3.93. The molecule has 1 aromatic carbocycles. The first-order chi connectivity index (χ1) is 8.56. The Kier molecular flexibility index (Phi) is 3.95. The van der Waals surface area contributed by atoms with Gasteiger partial charge in [0.15, 0.2) is 0 Å². The molecule has 1 saturated heterocycles. The van der Waals surface area contributed by atoms with Crippen LogP contribution in [0.15, 0.2) is 24.3 Å². The van der Waals surface area contributed by atoms with Crippen molar-refractivity contribution in [2.75, 3.05) is 11.9 Å². The van der Waals surface area contributed by atoms with Gasteiger partial charge in [-0.05, 0) is 40.8 Å². The molecule has 1 aliphatic rings. The van der Waals surface area contributed by atoms with E-state index in [9.17, 15) is 14.4 Å². The summed E-state index contributed by atoms with van der Waals surface area (Å²) in [7, 11) is 0. The van der Waals surface area contributed by atoms with Crippen LogP contribution >= 0.6 is 22.6 Å². The SMILES string of the molecule is O=C(CN1C(=O)CCC1=O)Nc1cccc(I)c1. The van der Waals surface area contributed by atoms with Crippen LogP contribution in [0.25, 0.3) is 0 Å². The molecule has 1 fully saturated rings. The summed E-state index contributed by atoms with van der Waals surface area (Å²) in [6, 6.07) is 7.30. The number of rotatable bonds is 3. The van der Waals surface area contributed by atoms with Crippen LogP contribution in [0.1, 0.15) is 12.8 Å². The number of amides is 3. The predicted octanol–water partition coefficient (Wildman–Crippen LogP) is 1.38. The summed E-state index contributed by atoms with van der Waals surface area (Å²) in [5.74, 6) is -0.920. The summed E-state index contributed by atoms with van der Waals surface area (Å²) in [5, 5.41) is 2.66. The van der Waals surface area contributed by atoms with Gasteiger partial charge in [-0.1, -0.05) is 6.07 Å². The number of imide groups is 1. The second kappa shape index (κ2) is 5.47. The third kappa shape index (κ3) is 3.06. The Morgan fingerprint density at radius 2 is 1.94 bits per heavy atom. The Labute approximate surface area is 118 Å². The average Bonchev–Trinajstić information content (AvgIpc) is 2.61. The molecule has 0 unspecified atom stereocenters. The fourth-order valence-corrected chi connectivity index (χ4v) is 2.25. The number of hydrogen-bond acceptors (Lipinski definition) is 3. The minimum atomic E-state index is -0.361. The van der Waals surface area contributed by atoms with Crippen LogP contribution < -0.4 is 5.32 Å². The number of carbonyl (C=O) groups excluding carboxylic acids is 3. The summed E-state index contributed by atoms with van der Waals surface area (Å²) in [5.41, 5.74) is 0.658. The predicted molar refractivity (Wildman–Crippen MR) is 73.7 cm³/mol. The van der Waals surface area contributed by atoms with Gasteiger partial charge in [0.25, 0.3) is 0 Å². The van der Waals surface area contributed by atoms with E-state index >= 15 is 0 Å². The third-order valence-electron chi connectivity index (χ3n) is 2.56. The number of benzene rings is 1. The molecule has 5 nitrogen and oxygen atoms in total. The van der Waals surface area contributed by atoms with Crippen LogP contribution in [0.4, 0.5) is 5.69 Å². The minimum Gasteiger partial charge on any atom is -0.324 e. The molecule has 1 heterocycles. The molecular weight excluding hydrogens is 347 g/mol. The smallest absolute Gasteiger partial charge is 0.244 e. The first kappa shape index (κ1) is 13.0. The highest BCUT2D eigenvalue weighted by molar-refractivity contribution is 14.1. The van der Waals surface area contributed by atoms with Gasteiger partial charge in [-0.3, -0.25) is 19.3 Å². The van der Waals surface area contributed by atoms with Crippen molar-refractivity contribution in [1.82, 2.24) is 4.90 Å². The van der Waals surface area contributed by atoms with Gasteiger partial charge in [-0.15, -0.1) is 0 Å². The molecule has 0 spiro atoms. The van der Waals surface area contributed by atoms with E-state index in [2.05, 4.69) is 27.9 Å². The molecule has 2 rings (SSSR count). The lowest BCUT2D eigenvalue weighted by Crippen LogP contribution is -2.36. The quantitative estimate of drug-likeness (QED) is 0.656. The Balaban J connectivity index is 1.97. The molecule has 0 aliphatic carbocycles. The number of halogens is 1. The zero-order valence-electron chi connectivity index (χ0n) is 9.48. The van der Waals surface area contributed by atoms with Gasteiger partial charge in [0.1, 0.15) is 6.54 Å². The van der Waals surface area contributed by atoms with E-state index in [1.165, 1.54) is 0 Å². The number of nitrogens with zero attached hydrogens (tertiary/aromatic N) is 1. The molecule has 1 N–H and O–H groups in total. The molecule has 0 bridgehead atoms. The number of carbonyl (C=O) groups is 3. The van der Waals surface area contributed by atoms with Crippen LogP contribution in [0.5, 0.6) is 0 Å². The number of nitrogens with one attached hydrogen (secondary N) is 1. The van der Waals surface area contributed by atoms with Crippen molar-refractivity contribution < 1.29 is 14.4 Å². The largest absolute Gasteiger partial charge is 0.324 e. The minimum absolute atomic E-state index is 0.204. The molecule has 0 atom stereocenters. The van der Waals surface area contributed by atoms with Crippen LogP contribution in [0.3, 0.4) is 0 Å². The van der Waals surface area contributed by atoms with Crippen molar-refractivity contribution in [1.29, 1.82) is 0 Å². The van der Waals surface area contributed by atoms with Gasteiger partial charge >= 0.3 is 0 Å². The number of likely N-dealkylation sites (tertiary alicyclic amines) is 1. The molecule has 1 aliphatic heterocycles. The van der Waals surface area contributed by atoms with Crippen LogP contribution in [-0.2, 0) is 14.4 Å². The van der Waals surface area contributed by atoms with Crippen LogP contribution in [0.2, 0.25) is 0 Å². The topological polar surface area (TPSA) is 66.5 Å². The number of hydrogen-bond donors (Lipinski definition) is 1. The zero-order chi connectivity index (χ0) is 13.1. The van der Waals surface area contributed by atoms with Crippen molar-refractivity contribution in [2.45, 2.75) is 12.8 Å². The highest BCUT2D eigenvalue weighted by Gasteiger charge is 2.30. The van der Waals surface area contributed by atoms with E-state index in [0.717, 1.165) is 8.47 Å². The first-order valence-corrected chi connectivity index (χ1v) is 6.53. The second-order valence-corrected chi connectivity index (χ2v) is 5.18. The normalized spacial score (nSPS) is 15.1. The molecule has 94 valence electrons. The number of anilines is 1. The Morgan fingerprint density at radius 3 is 2.56 bits per heavy atom. The summed E-state index contributed by atoms with van der Waals surface area (Å²) in [6.07, 6.45) is 0.407. The highest BCUT2D eigenvalue weighted by atomic mass is 127. The lowest BCUT2D eigenvalue weighted by atomic mass is 10.3. The molecule has 3 amide bonds. The Bertz CT molecular complexity index is 500. The van der Waals surface area contributed by atoms with Crippen LogP contribution in [-0.4, -0.2) is 29.2 Å². The van der Waals surface area contributed by atoms with Gasteiger partial charge in [0.2, 0.25) is 17.7 Å². The summed E-state index contributed by atoms with van der Waals surface area (Å²) < 4.78 is 0.999. The first-order valence-electron chi connectivity index (χ1n) is 5.45. The molecule has 0 radical (unpaired) electrons. The molecule has 6 heteroatoms. The van der Waals surface area contributed by atoms with Crippen molar-refractivity contribution in [3.63, 3.8) is 0 Å². The van der Waals surface area contributed by atoms with E-state index in [0.29, 0.717) is 5.69 Å². The van der Waals surface area contributed by atoms with Crippen molar-refractivity contribution in [3.05, 3.63) is 27.8 Å². The van der Waals surface area contributed by atoms with E-state index in [1.54, 1.807) is 6.07 Å². The highest BCUT2D eigenvalue weighted by Crippen LogP contribution is 2.14. The maximum Gasteiger partial charge on any atom is 0.244 e. The lowest BCUT2D eigenvalue weighted by Gasteiger charge is -2.13. The standard InChI is InChI=1S/C12H11IN2O3/c13-8-2-1-3-9(6-8)14-10(16)7-15-11(17)4-5-12(15)18/h1-3,6H,4-5,7H2,(H,14,16). The van der Waals surface area contributed by atoms with E-state index in [-0.39, 0.29) is 37.1 Å². The third-order valence-corrected chi connectivity index (χ3v) is 3.24. The Hall–Kier alpha value is -1.44. The molecule has 0 saturated carbocycles. The summed E-state index contributed by atoms with van der Waals surface area (Å²) in [6.45, 7) is -0.205.